The minimum absolute atomic E-state index is 0.0185. The molecule has 0 amide bonds. The molecule has 8 nitrogen and oxygen atoms in total. The molecular weight excluding hydrogens is 272 g/mol. The predicted molar refractivity (Wildman–Crippen MR) is 63.1 cm³/mol. The van der Waals surface area contributed by atoms with Gasteiger partial charge in [0.15, 0.2) is 15.7 Å². The van der Waals surface area contributed by atoms with Crippen LogP contribution in [0.5, 0.6) is 0 Å². The first-order valence-electron chi connectivity index (χ1n) is 5.17. The Kier molecular flexibility index (Phi) is 3.30. The van der Waals surface area contributed by atoms with Crippen LogP contribution < -0.4 is 0 Å². The summed E-state index contributed by atoms with van der Waals surface area (Å²) in [5, 5.41) is 19.7. The molecule has 0 unspecified atom stereocenters. The molecule has 1 aromatic carbocycles. The van der Waals surface area contributed by atoms with Crippen molar-refractivity contribution in [2.45, 2.75) is 10.6 Å². The fraction of sp³-hybridized carbons (Fsp3) is 0.200. The topological polar surface area (TPSA) is 115 Å². The SMILES string of the molecule is Cn1nnc(CS(=O)(=O)c2ccc(C(=O)O)cc2)n1. The molecule has 100 valence electrons. The van der Waals surface area contributed by atoms with Gasteiger partial charge in [-0.15, -0.1) is 10.2 Å². The van der Waals surface area contributed by atoms with E-state index in [1.165, 1.54) is 36.1 Å². The summed E-state index contributed by atoms with van der Waals surface area (Å²) < 4.78 is 24.1. The number of aromatic nitrogens is 4. The van der Waals surface area contributed by atoms with E-state index in [2.05, 4.69) is 15.4 Å². The van der Waals surface area contributed by atoms with Crippen molar-refractivity contribution < 1.29 is 18.3 Å². The molecule has 0 aliphatic rings. The summed E-state index contributed by atoms with van der Waals surface area (Å²) in [6.45, 7) is 0. The van der Waals surface area contributed by atoms with Crippen LogP contribution in [0.15, 0.2) is 29.2 Å². The number of carboxylic acid groups (broad SMARTS) is 1. The van der Waals surface area contributed by atoms with Crippen LogP contribution in [0.1, 0.15) is 16.2 Å². The van der Waals surface area contributed by atoms with Crippen molar-refractivity contribution in [1.82, 2.24) is 20.2 Å². The molecule has 0 atom stereocenters. The van der Waals surface area contributed by atoms with Crippen molar-refractivity contribution in [3.63, 3.8) is 0 Å². The summed E-state index contributed by atoms with van der Waals surface area (Å²) in [6, 6.07) is 4.96. The lowest BCUT2D eigenvalue weighted by Gasteiger charge is -2.02. The fourth-order valence-corrected chi connectivity index (χ4v) is 2.61. The number of aryl methyl sites for hydroxylation is 1. The van der Waals surface area contributed by atoms with Gasteiger partial charge < -0.3 is 5.11 Å². The molecule has 1 aromatic heterocycles. The summed E-state index contributed by atoms with van der Waals surface area (Å²) in [5.41, 5.74) is 0.0246. The van der Waals surface area contributed by atoms with Crippen LogP contribution in [0.4, 0.5) is 0 Å². The van der Waals surface area contributed by atoms with Gasteiger partial charge in [0, 0.05) is 0 Å². The Labute approximate surface area is 108 Å². The van der Waals surface area contributed by atoms with Gasteiger partial charge in [0.1, 0.15) is 5.75 Å². The number of aromatic carboxylic acids is 1. The van der Waals surface area contributed by atoms with Gasteiger partial charge in [-0.1, -0.05) is 0 Å². The van der Waals surface area contributed by atoms with Crippen LogP contribution in [0.3, 0.4) is 0 Å². The van der Waals surface area contributed by atoms with Gasteiger partial charge in [-0.3, -0.25) is 0 Å². The van der Waals surface area contributed by atoms with E-state index in [-0.39, 0.29) is 22.0 Å². The van der Waals surface area contributed by atoms with Crippen molar-refractivity contribution >= 4 is 15.8 Å². The lowest BCUT2D eigenvalue weighted by Crippen LogP contribution is -2.07. The fourth-order valence-electron chi connectivity index (χ4n) is 1.44. The summed E-state index contributed by atoms with van der Waals surface area (Å²) in [5.74, 6) is -1.41. The van der Waals surface area contributed by atoms with E-state index in [0.29, 0.717) is 0 Å². The highest BCUT2D eigenvalue weighted by Gasteiger charge is 2.18. The summed E-state index contributed by atoms with van der Waals surface area (Å²) in [7, 11) is -2.08. The lowest BCUT2D eigenvalue weighted by molar-refractivity contribution is 0.0696. The first kappa shape index (κ1) is 13.1. The van der Waals surface area contributed by atoms with Crippen molar-refractivity contribution in [3.8, 4) is 0 Å². The third-order valence-electron chi connectivity index (χ3n) is 2.33. The first-order chi connectivity index (χ1) is 8.88. The molecule has 0 aliphatic carbocycles. The standard InChI is InChI=1S/C10H10N4O4S/c1-14-12-9(11-13-14)6-19(17,18)8-4-2-7(3-5-8)10(15)16/h2-5H,6H2,1H3,(H,15,16). The zero-order valence-corrected chi connectivity index (χ0v) is 10.7. The average Bonchev–Trinajstić information content (AvgIpc) is 2.74. The highest BCUT2D eigenvalue weighted by atomic mass is 32.2. The number of tetrazole rings is 1. The third-order valence-corrected chi connectivity index (χ3v) is 3.96. The van der Waals surface area contributed by atoms with E-state index in [1.54, 1.807) is 0 Å². The van der Waals surface area contributed by atoms with Crippen LogP contribution in [0.2, 0.25) is 0 Å². The van der Waals surface area contributed by atoms with E-state index in [1.807, 2.05) is 0 Å². The lowest BCUT2D eigenvalue weighted by atomic mass is 10.2. The van der Waals surface area contributed by atoms with Gasteiger partial charge in [-0.05, 0) is 29.5 Å². The number of rotatable bonds is 4. The summed E-state index contributed by atoms with van der Waals surface area (Å²) >= 11 is 0. The molecule has 19 heavy (non-hydrogen) atoms. The number of carbonyl (C=O) groups is 1. The van der Waals surface area contributed by atoms with Gasteiger partial charge >= 0.3 is 5.97 Å². The highest BCUT2D eigenvalue weighted by molar-refractivity contribution is 7.90. The molecule has 0 saturated heterocycles. The van der Waals surface area contributed by atoms with E-state index in [9.17, 15) is 13.2 Å². The second-order valence-corrected chi connectivity index (χ2v) is 5.77. The zero-order chi connectivity index (χ0) is 14.0. The number of hydrogen-bond donors (Lipinski definition) is 1. The molecule has 0 fully saturated rings. The van der Waals surface area contributed by atoms with Crippen LogP contribution in [-0.2, 0) is 22.6 Å². The Bertz CT molecular complexity index is 705. The zero-order valence-electron chi connectivity index (χ0n) is 9.89. The number of sulfone groups is 1. The van der Waals surface area contributed by atoms with Crippen LogP contribution in [0.25, 0.3) is 0 Å². The molecule has 1 heterocycles. The molecule has 0 spiro atoms. The molecule has 1 N–H and O–H groups in total. The van der Waals surface area contributed by atoms with Crippen molar-refractivity contribution in [2.75, 3.05) is 0 Å². The third kappa shape index (κ3) is 2.94. The maximum absolute atomic E-state index is 12.0. The molecule has 0 radical (unpaired) electrons. The summed E-state index contributed by atoms with van der Waals surface area (Å²) in [4.78, 5) is 11.9. The normalized spacial score (nSPS) is 11.4. The van der Waals surface area contributed by atoms with E-state index >= 15 is 0 Å². The van der Waals surface area contributed by atoms with Crippen molar-refractivity contribution in [3.05, 3.63) is 35.7 Å². The molecular formula is C10H10N4O4S. The van der Waals surface area contributed by atoms with E-state index in [4.69, 9.17) is 5.11 Å². The quantitative estimate of drug-likeness (QED) is 0.831. The minimum atomic E-state index is -3.61. The van der Waals surface area contributed by atoms with E-state index in [0.717, 1.165) is 0 Å². The molecule has 0 aliphatic heterocycles. The Morgan fingerprint density at radius 3 is 2.42 bits per heavy atom. The maximum Gasteiger partial charge on any atom is 0.335 e. The Balaban J connectivity index is 2.26. The van der Waals surface area contributed by atoms with Gasteiger partial charge in [0.25, 0.3) is 0 Å². The average molecular weight is 282 g/mol. The van der Waals surface area contributed by atoms with Gasteiger partial charge in [-0.2, -0.15) is 4.80 Å². The van der Waals surface area contributed by atoms with Gasteiger partial charge in [-0.25, -0.2) is 13.2 Å². The van der Waals surface area contributed by atoms with Crippen molar-refractivity contribution in [2.24, 2.45) is 7.05 Å². The number of carboxylic acids is 1. The van der Waals surface area contributed by atoms with Crippen LogP contribution in [-0.4, -0.2) is 39.7 Å². The Hall–Kier alpha value is -2.29. The predicted octanol–water partition coefficient (Wildman–Crippen LogP) is -0.118. The Morgan fingerprint density at radius 1 is 1.32 bits per heavy atom. The summed E-state index contributed by atoms with van der Waals surface area (Å²) in [6.07, 6.45) is 0. The second kappa shape index (κ2) is 4.76. The molecule has 0 saturated carbocycles. The Morgan fingerprint density at radius 2 is 1.95 bits per heavy atom. The van der Waals surface area contributed by atoms with Crippen LogP contribution in [0, 0.1) is 0 Å². The van der Waals surface area contributed by atoms with Crippen LogP contribution >= 0.6 is 0 Å². The van der Waals surface area contributed by atoms with Crippen molar-refractivity contribution in [1.29, 1.82) is 0 Å². The maximum atomic E-state index is 12.0. The van der Waals surface area contributed by atoms with E-state index < -0.39 is 15.8 Å². The molecule has 2 rings (SSSR count). The highest BCUT2D eigenvalue weighted by Crippen LogP contribution is 2.15. The number of hydrogen-bond acceptors (Lipinski definition) is 6. The first-order valence-corrected chi connectivity index (χ1v) is 6.83. The number of nitrogens with zero attached hydrogens (tertiary/aromatic N) is 4. The smallest absolute Gasteiger partial charge is 0.335 e. The van der Waals surface area contributed by atoms with Gasteiger partial charge in [0.05, 0.1) is 17.5 Å². The minimum Gasteiger partial charge on any atom is -0.478 e. The molecule has 2 aromatic rings. The monoisotopic (exact) mass is 282 g/mol. The largest absolute Gasteiger partial charge is 0.478 e. The van der Waals surface area contributed by atoms with Gasteiger partial charge in [0.2, 0.25) is 0 Å². The molecule has 0 bridgehead atoms. The number of benzene rings is 1. The second-order valence-electron chi connectivity index (χ2n) is 3.78. The molecule has 9 heteroatoms.